The number of carboxylic acid groups (broad SMARTS) is 1. The highest BCUT2D eigenvalue weighted by Crippen LogP contribution is 2.52. The van der Waals surface area contributed by atoms with Crippen molar-refractivity contribution >= 4 is 5.97 Å². The minimum Gasteiger partial charge on any atom is -0.546 e. The molecule has 3 aliphatic rings. The highest BCUT2D eigenvalue weighted by atomic mass is 16.5. The number of ether oxygens (including phenoxy) is 2. The first-order valence-electron chi connectivity index (χ1n) is 9.51. The summed E-state index contributed by atoms with van der Waals surface area (Å²) in [7, 11) is 0. The molecule has 4 atom stereocenters. The van der Waals surface area contributed by atoms with E-state index < -0.39 is 12.6 Å². The van der Waals surface area contributed by atoms with Crippen LogP contribution in [0.4, 0.5) is 0 Å². The average Bonchev–Trinajstić information content (AvgIpc) is 2.66. The smallest absolute Gasteiger partial charge is 0.128 e. The van der Waals surface area contributed by atoms with E-state index in [1.54, 1.807) is 5.57 Å². The van der Waals surface area contributed by atoms with Gasteiger partial charge in [0.15, 0.2) is 0 Å². The minimum absolute atomic E-state index is 0.0381. The molecule has 0 spiro atoms. The lowest BCUT2D eigenvalue weighted by molar-refractivity contribution is -0.307. The minimum atomic E-state index is -1.20. The van der Waals surface area contributed by atoms with Crippen LogP contribution >= 0.6 is 0 Å². The van der Waals surface area contributed by atoms with Gasteiger partial charge in [0.1, 0.15) is 12.4 Å². The summed E-state index contributed by atoms with van der Waals surface area (Å²) in [6.45, 7) is -0.427. The highest BCUT2D eigenvalue weighted by Gasteiger charge is 2.44. The third kappa shape index (κ3) is 3.32. The Morgan fingerprint density at radius 3 is 2.80 bits per heavy atom. The van der Waals surface area contributed by atoms with Crippen LogP contribution in [0.1, 0.15) is 56.6 Å². The molecule has 134 valence electrons. The van der Waals surface area contributed by atoms with E-state index in [2.05, 4.69) is 6.08 Å². The van der Waals surface area contributed by atoms with E-state index >= 15 is 0 Å². The third-order valence-corrected chi connectivity index (χ3v) is 5.92. The Morgan fingerprint density at radius 1 is 1.12 bits per heavy atom. The van der Waals surface area contributed by atoms with Gasteiger partial charge < -0.3 is 19.4 Å². The molecule has 1 aromatic carbocycles. The number of para-hydroxylation sites is 1. The van der Waals surface area contributed by atoms with Crippen molar-refractivity contribution in [3.63, 3.8) is 0 Å². The molecule has 1 saturated heterocycles. The van der Waals surface area contributed by atoms with Crippen LogP contribution in [-0.4, -0.2) is 18.7 Å². The first-order valence-corrected chi connectivity index (χ1v) is 9.51. The normalized spacial score (nSPS) is 31.4. The monoisotopic (exact) mass is 341 g/mol. The number of hydrogen-bond donors (Lipinski definition) is 0. The molecule has 4 nitrogen and oxygen atoms in total. The largest absolute Gasteiger partial charge is 0.546 e. The van der Waals surface area contributed by atoms with E-state index in [4.69, 9.17) is 9.47 Å². The van der Waals surface area contributed by atoms with Crippen molar-refractivity contribution in [3.8, 4) is 5.75 Å². The van der Waals surface area contributed by atoms with Crippen LogP contribution in [0.2, 0.25) is 0 Å². The van der Waals surface area contributed by atoms with E-state index in [9.17, 15) is 9.90 Å². The fourth-order valence-corrected chi connectivity index (χ4v) is 4.88. The van der Waals surface area contributed by atoms with Crippen molar-refractivity contribution in [2.24, 2.45) is 11.8 Å². The van der Waals surface area contributed by atoms with Crippen molar-refractivity contribution in [1.29, 1.82) is 0 Å². The number of aliphatic carboxylic acids is 1. The first kappa shape index (κ1) is 16.6. The number of fused-ring (bicyclic) bond motifs is 3. The van der Waals surface area contributed by atoms with Crippen molar-refractivity contribution < 1.29 is 19.4 Å². The highest BCUT2D eigenvalue weighted by molar-refractivity contribution is 5.66. The Labute approximate surface area is 148 Å². The molecule has 0 bridgehead atoms. The molecule has 2 aliphatic carbocycles. The Morgan fingerprint density at radius 2 is 1.92 bits per heavy atom. The molecule has 0 aromatic heterocycles. The van der Waals surface area contributed by atoms with Crippen molar-refractivity contribution in [2.45, 2.75) is 57.2 Å². The Bertz CT molecular complexity index is 666. The van der Waals surface area contributed by atoms with Crippen LogP contribution in [-0.2, 0) is 9.53 Å². The van der Waals surface area contributed by atoms with Gasteiger partial charge in [-0.2, -0.15) is 0 Å². The van der Waals surface area contributed by atoms with Crippen LogP contribution in [0.15, 0.2) is 35.9 Å². The lowest BCUT2D eigenvalue weighted by Gasteiger charge is -2.47. The van der Waals surface area contributed by atoms with Gasteiger partial charge >= 0.3 is 0 Å². The second-order valence-electron chi connectivity index (χ2n) is 7.43. The summed E-state index contributed by atoms with van der Waals surface area (Å²) in [5, 5.41) is 10.8. The lowest BCUT2D eigenvalue weighted by Crippen LogP contribution is -2.41. The summed E-state index contributed by atoms with van der Waals surface area (Å²) < 4.78 is 12.1. The number of allylic oxidation sites excluding steroid dienone is 1. The van der Waals surface area contributed by atoms with Gasteiger partial charge in [-0.25, -0.2) is 0 Å². The summed E-state index contributed by atoms with van der Waals surface area (Å²) in [4.78, 5) is 10.8. The van der Waals surface area contributed by atoms with Gasteiger partial charge in [0, 0.05) is 17.4 Å². The number of carbonyl (C=O) groups excluding carboxylic acids is 1. The summed E-state index contributed by atoms with van der Waals surface area (Å²) in [6.07, 6.45) is 11.1. The predicted octanol–water partition coefficient (Wildman–Crippen LogP) is 3.17. The molecule has 4 heteroatoms. The predicted molar refractivity (Wildman–Crippen MR) is 91.9 cm³/mol. The summed E-state index contributed by atoms with van der Waals surface area (Å²) >= 11 is 0. The average molecular weight is 341 g/mol. The number of rotatable bonds is 4. The molecule has 1 aliphatic heterocycles. The van der Waals surface area contributed by atoms with Gasteiger partial charge in [-0.3, -0.25) is 0 Å². The molecular weight excluding hydrogens is 316 g/mol. The summed E-state index contributed by atoms with van der Waals surface area (Å²) in [5.41, 5.74) is 2.56. The fraction of sp³-hybridized carbons (Fsp3) is 0.571. The topological polar surface area (TPSA) is 58.6 Å². The molecule has 0 amide bonds. The molecule has 1 heterocycles. The number of benzene rings is 1. The van der Waals surface area contributed by atoms with Gasteiger partial charge in [0.25, 0.3) is 0 Å². The SMILES string of the molecule is O=C([O-])COc1ccccc1[C@@H]1O[C@@H]2CCCC[C@H]2C2=CCCC[C@@H]21. The molecule has 1 aromatic rings. The van der Waals surface area contributed by atoms with Crippen molar-refractivity contribution in [1.82, 2.24) is 0 Å². The first-order chi connectivity index (χ1) is 12.2. The zero-order chi connectivity index (χ0) is 17.2. The second-order valence-corrected chi connectivity index (χ2v) is 7.43. The van der Waals surface area contributed by atoms with Gasteiger partial charge in [0.2, 0.25) is 0 Å². The summed E-state index contributed by atoms with van der Waals surface area (Å²) in [6, 6.07) is 7.70. The molecule has 25 heavy (non-hydrogen) atoms. The quantitative estimate of drug-likeness (QED) is 0.789. The standard InChI is InChI=1S/C21H26O4/c22-20(23)13-24-18-11-5-4-10-17(18)21-16-9-2-1-7-14(16)15-8-3-6-12-19(15)25-21/h4-5,7,10-11,15-16,19,21H,1-3,6,8-9,12-13H2,(H,22,23)/p-1/t15-,16-,19+,21+/m0/s1. The van der Waals surface area contributed by atoms with Gasteiger partial charge in [-0.1, -0.05) is 42.7 Å². The van der Waals surface area contributed by atoms with E-state index in [1.165, 1.54) is 32.1 Å². The maximum Gasteiger partial charge on any atom is 0.128 e. The summed E-state index contributed by atoms with van der Waals surface area (Å²) in [5.74, 6) is 0.369. The lowest BCUT2D eigenvalue weighted by atomic mass is 9.68. The van der Waals surface area contributed by atoms with Crippen LogP contribution < -0.4 is 9.84 Å². The van der Waals surface area contributed by atoms with Gasteiger partial charge in [0.05, 0.1) is 18.2 Å². The Hall–Kier alpha value is -1.81. The maximum atomic E-state index is 10.8. The van der Waals surface area contributed by atoms with E-state index in [0.29, 0.717) is 17.6 Å². The Kier molecular flexibility index (Phi) is 4.80. The van der Waals surface area contributed by atoms with Crippen LogP contribution in [0.25, 0.3) is 0 Å². The number of hydrogen-bond acceptors (Lipinski definition) is 4. The molecule has 0 N–H and O–H groups in total. The zero-order valence-electron chi connectivity index (χ0n) is 14.5. The third-order valence-electron chi connectivity index (χ3n) is 5.92. The number of carboxylic acids is 1. The zero-order valence-corrected chi connectivity index (χ0v) is 14.5. The van der Waals surface area contributed by atoms with Crippen molar-refractivity contribution in [3.05, 3.63) is 41.5 Å². The van der Waals surface area contributed by atoms with Crippen LogP contribution in [0, 0.1) is 11.8 Å². The Balaban J connectivity index is 1.66. The van der Waals surface area contributed by atoms with Gasteiger partial charge in [-0.05, 0) is 38.2 Å². The fourth-order valence-electron chi connectivity index (χ4n) is 4.88. The molecule has 4 rings (SSSR count). The van der Waals surface area contributed by atoms with E-state index in [1.807, 2.05) is 24.3 Å². The molecule has 0 radical (unpaired) electrons. The molecule has 0 unspecified atom stereocenters. The molecule has 1 saturated carbocycles. The van der Waals surface area contributed by atoms with E-state index in [-0.39, 0.29) is 12.2 Å². The maximum absolute atomic E-state index is 10.8. The molecular formula is C21H25O4-. The van der Waals surface area contributed by atoms with E-state index in [0.717, 1.165) is 18.4 Å². The van der Waals surface area contributed by atoms with Crippen LogP contribution in [0.3, 0.4) is 0 Å². The molecule has 2 fully saturated rings. The van der Waals surface area contributed by atoms with Crippen molar-refractivity contribution in [2.75, 3.05) is 6.61 Å². The number of carbonyl (C=O) groups is 1. The van der Waals surface area contributed by atoms with Crippen LogP contribution in [0.5, 0.6) is 5.75 Å². The van der Waals surface area contributed by atoms with Gasteiger partial charge in [-0.15, -0.1) is 0 Å². The second kappa shape index (κ2) is 7.20.